The zero-order valence-electron chi connectivity index (χ0n) is 12.0. The van der Waals surface area contributed by atoms with Gasteiger partial charge in [-0.15, -0.1) is 11.6 Å². The molecule has 2 rings (SSSR count). The van der Waals surface area contributed by atoms with Crippen molar-refractivity contribution in [3.8, 4) is 0 Å². The van der Waals surface area contributed by atoms with Gasteiger partial charge in [0.15, 0.2) is 6.29 Å². The van der Waals surface area contributed by atoms with Crippen LogP contribution in [0.15, 0.2) is 18.2 Å². The number of hydrogen-bond acceptors (Lipinski definition) is 3. The fourth-order valence-electron chi connectivity index (χ4n) is 2.26. The minimum Gasteiger partial charge on any atom is -0.351 e. The van der Waals surface area contributed by atoms with Crippen LogP contribution in [0, 0.1) is 6.92 Å². The molecule has 116 valence electrons. The van der Waals surface area contributed by atoms with Crippen molar-refractivity contribution in [2.75, 3.05) is 30.5 Å². The van der Waals surface area contributed by atoms with Crippen LogP contribution in [0.25, 0.3) is 0 Å². The number of aryl methyl sites for hydroxylation is 1. The Hall–Kier alpha value is -0.810. The van der Waals surface area contributed by atoms with E-state index in [1.165, 1.54) is 0 Å². The number of benzene rings is 1. The van der Waals surface area contributed by atoms with Crippen LogP contribution in [0.3, 0.4) is 0 Å². The van der Waals surface area contributed by atoms with Crippen LogP contribution in [-0.2, 0) is 14.3 Å². The minimum atomic E-state index is -0.422. The summed E-state index contributed by atoms with van der Waals surface area (Å²) < 4.78 is 11.3. The van der Waals surface area contributed by atoms with E-state index in [9.17, 15) is 4.79 Å². The topological polar surface area (TPSA) is 38.8 Å². The van der Waals surface area contributed by atoms with E-state index in [0.717, 1.165) is 24.1 Å². The molecule has 4 nitrogen and oxygen atoms in total. The molecule has 0 aromatic heterocycles. The minimum absolute atomic E-state index is 0.0885. The van der Waals surface area contributed by atoms with Gasteiger partial charge in [0.2, 0.25) is 5.91 Å². The summed E-state index contributed by atoms with van der Waals surface area (Å²) in [7, 11) is 0. The maximum Gasteiger partial charge on any atom is 0.242 e. The quantitative estimate of drug-likeness (QED) is 0.794. The molecule has 0 saturated carbocycles. The summed E-state index contributed by atoms with van der Waals surface area (Å²) in [5.41, 5.74) is 1.69. The molecule has 0 radical (unpaired) electrons. The fraction of sp³-hybridized carbons (Fsp3) is 0.533. The number of alkyl halides is 1. The maximum atomic E-state index is 12.2. The standard InChI is InChI=1S/C15H19Cl2NO3/c1-11-8-12(17)4-5-13(11)18(14(19)9-16)10-15-20-6-2-3-7-21-15/h4-5,8,15H,2-3,6-7,9-10H2,1H3. The summed E-state index contributed by atoms with van der Waals surface area (Å²) in [5.74, 6) is -0.270. The Morgan fingerprint density at radius 2 is 2.00 bits per heavy atom. The van der Waals surface area contributed by atoms with Crippen molar-refractivity contribution in [1.82, 2.24) is 0 Å². The van der Waals surface area contributed by atoms with Crippen molar-refractivity contribution >= 4 is 34.8 Å². The molecular weight excluding hydrogens is 313 g/mol. The Labute approximate surface area is 134 Å². The first-order valence-electron chi connectivity index (χ1n) is 6.97. The molecule has 0 bridgehead atoms. The average Bonchev–Trinajstić information content (AvgIpc) is 2.73. The summed E-state index contributed by atoms with van der Waals surface area (Å²) in [6.07, 6.45) is 1.52. The van der Waals surface area contributed by atoms with E-state index < -0.39 is 6.29 Å². The Morgan fingerprint density at radius 3 is 2.57 bits per heavy atom. The van der Waals surface area contributed by atoms with Gasteiger partial charge in [0.25, 0.3) is 0 Å². The van der Waals surface area contributed by atoms with Crippen molar-refractivity contribution in [1.29, 1.82) is 0 Å². The van der Waals surface area contributed by atoms with E-state index in [2.05, 4.69) is 0 Å². The normalized spacial score (nSPS) is 16.5. The van der Waals surface area contributed by atoms with Gasteiger partial charge in [-0.2, -0.15) is 0 Å². The smallest absolute Gasteiger partial charge is 0.242 e. The van der Waals surface area contributed by atoms with Crippen molar-refractivity contribution in [3.05, 3.63) is 28.8 Å². The van der Waals surface area contributed by atoms with E-state index in [0.29, 0.717) is 24.8 Å². The molecule has 0 spiro atoms. The van der Waals surface area contributed by atoms with Crippen molar-refractivity contribution < 1.29 is 14.3 Å². The molecule has 1 saturated heterocycles. The molecule has 1 aromatic carbocycles. The van der Waals surface area contributed by atoms with Crippen LogP contribution in [0.2, 0.25) is 5.02 Å². The number of anilines is 1. The Kier molecular flexibility index (Phi) is 6.30. The highest BCUT2D eigenvalue weighted by molar-refractivity contribution is 6.31. The van der Waals surface area contributed by atoms with Gasteiger partial charge in [-0.05, 0) is 43.5 Å². The number of ether oxygens (including phenoxy) is 2. The van der Waals surface area contributed by atoms with Crippen LogP contribution >= 0.6 is 23.2 Å². The van der Waals surface area contributed by atoms with Crippen LogP contribution in [0.1, 0.15) is 18.4 Å². The molecule has 1 heterocycles. The third kappa shape index (κ3) is 4.58. The van der Waals surface area contributed by atoms with Crippen molar-refractivity contribution in [3.63, 3.8) is 0 Å². The van der Waals surface area contributed by atoms with Gasteiger partial charge in [-0.25, -0.2) is 0 Å². The molecule has 1 amide bonds. The van der Waals surface area contributed by atoms with Crippen molar-refractivity contribution in [2.45, 2.75) is 26.1 Å². The lowest BCUT2D eigenvalue weighted by atomic mass is 10.1. The molecule has 0 atom stereocenters. The van der Waals surface area contributed by atoms with E-state index in [1.54, 1.807) is 11.0 Å². The van der Waals surface area contributed by atoms with Crippen LogP contribution in [0.4, 0.5) is 5.69 Å². The number of amides is 1. The van der Waals surface area contributed by atoms with Gasteiger partial charge in [-0.3, -0.25) is 4.79 Å². The Bertz CT molecular complexity index is 488. The van der Waals surface area contributed by atoms with Crippen LogP contribution in [-0.4, -0.2) is 37.8 Å². The zero-order chi connectivity index (χ0) is 15.2. The lowest BCUT2D eigenvalue weighted by molar-refractivity contribution is -0.128. The zero-order valence-corrected chi connectivity index (χ0v) is 13.5. The lowest BCUT2D eigenvalue weighted by Gasteiger charge is -2.27. The van der Waals surface area contributed by atoms with Gasteiger partial charge < -0.3 is 14.4 Å². The number of rotatable bonds is 4. The Balaban J connectivity index is 2.19. The number of carbonyl (C=O) groups excluding carboxylic acids is 1. The van der Waals surface area contributed by atoms with Gasteiger partial charge in [0, 0.05) is 23.9 Å². The number of hydrogen-bond donors (Lipinski definition) is 0. The highest BCUT2D eigenvalue weighted by Crippen LogP contribution is 2.25. The summed E-state index contributed by atoms with van der Waals surface area (Å²) in [6, 6.07) is 5.40. The SMILES string of the molecule is Cc1cc(Cl)ccc1N(CC1OCCCCO1)C(=O)CCl. The van der Waals surface area contributed by atoms with Gasteiger partial charge in [-0.1, -0.05) is 11.6 Å². The van der Waals surface area contributed by atoms with Gasteiger partial charge >= 0.3 is 0 Å². The number of halogens is 2. The first kappa shape index (κ1) is 16.6. The summed E-state index contributed by atoms with van der Waals surface area (Å²) in [4.78, 5) is 13.8. The van der Waals surface area contributed by atoms with E-state index in [4.69, 9.17) is 32.7 Å². The van der Waals surface area contributed by atoms with Crippen LogP contribution in [0.5, 0.6) is 0 Å². The molecule has 1 aliphatic heterocycles. The third-order valence-electron chi connectivity index (χ3n) is 3.34. The highest BCUT2D eigenvalue weighted by Gasteiger charge is 2.23. The van der Waals surface area contributed by atoms with E-state index >= 15 is 0 Å². The highest BCUT2D eigenvalue weighted by atomic mass is 35.5. The molecule has 6 heteroatoms. The van der Waals surface area contributed by atoms with Crippen LogP contribution < -0.4 is 4.90 Å². The second-order valence-electron chi connectivity index (χ2n) is 4.95. The summed E-state index contributed by atoms with van der Waals surface area (Å²) in [5, 5.41) is 0.636. The first-order valence-corrected chi connectivity index (χ1v) is 7.88. The summed E-state index contributed by atoms with van der Waals surface area (Å²) >= 11 is 11.7. The maximum absolute atomic E-state index is 12.2. The molecule has 21 heavy (non-hydrogen) atoms. The second kappa shape index (κ2) is 7.99. The van der Waals surface area contributed by atoms with E-state index in [-0.39, 0.29) is 11.8 Å². The van der Waals surface area contributed by atoms with Gasteiger partial charge in [0.1, 0.15) is 5.88 Å². The predicted molar refractivity (Wildman–Crippen MR) is 84.2 cm³/mol. The lowest BCUT2D eigenvalue weighted by Crippen LogP contribution is -2.40. The first-order chi connectivity index (χ1) is 10.1. The largest absolute Gasteiger partial charge is 0.351 e. The van der Waals surface area contributed by atoms with Crippen molar-refractivity contribution in [2.24, 2.45) is 0 Å². The fourth-order valence-corrected chi connectivity index (χ4v) is 2.64. The summed E-state index contributed by atoms with van der Waals surface area (Å²) in [6.45, 7) is 3.53. The average molecular weight is 332 g/mol. The molecule has 0 unspecified atom stereocenters. The number of nitrogens with zero attached hydrogens (tertiary/aromatic N) is 1. The molecule has 1 fully saturated rings. The number of carbonyl (C=O) groups is 1. The monoisotopic (exact) mass is 331 g/mol. The van der Waals surface area contributed by atoms with E-state index in [1.807, 2.05) is 19.1 Å². The molecule has 0 aliphatic carbocycles. The van der Waals surface area contributed by atoms with Gasteiger partial charge in [0.05, 0.1) is 6.54 Å². The second-order valence-corrected chi connectivity index (χ2v) is 5.65. The molecule has 1 aromatic rings. The Morgan fingerprint density at radius 1 is 1.33 bits per heavy atom. The molecular formula is C15H19Cl2NO3. The third-order valence-corrected chi connectivity index (χ3v) is 3.81. The molecule has 0 N–H and O–H groups in total. The molecule has 1 aliphatic rings. The predicted octanol–water partition coefficient (Wildman–Crippen LogP) is 3.37.